The molecule has 1 atom stereocenters. The van der Waals surface area contributed by atoms with E-state index in [0.29, 0.717) is 6.54 Å². The van der Waals surface area contributed by atoms with E-state index in [0.717, 1.165) is 24.6 Å². The van der Waals surface area contributed by atoms with Gasteiger partial charge in [0.1, 0.15) is 0 Å². The number of aryl methyl sites for hydroxylation is 2. The molecule has 0 fully saturated rings. The standard InChI is InChI=1S/C20H28N4/c1-5-17-9-11-18(12-10-17)16(4)24-20(21-6-2)23-14-19-15(3)8-7-13-22-19/h7-13,16H,5-6,14H2,1-4H3,(H2,21,23,24). The molecule has 0 radical (unpaired) electrons. The number of nitrogens with zero attached hydrogens (tertiary/aromatic N) is 2. The van der Waals surface area contributed by atoms with Gasteiger partial charge in [0.05, 0.1) is 18.3 Å². The largest absolute Gasteiger partial charge is 0.357 e. The van der Waals surface area contributed by atoms with E-state index in [1.54, 1.807) is 0 Å². The lowest BCUT2D eigenvalue weighted by molar-refractivity contribution is 0.685. The summed E-state index contributed by atoms with van der Waals surface area (Å²) in [6, 6.07) is 13.0. The van der Waals surface area contributed by atoms with Crippen LogP contribution in [0.25, 0.3) is 0 Å². The Morgan fingerprint density at radius 1 is 1.17 bits per heavy atom. The van der Waals surface area contributed by atoms with E-state index in [1.165, 1.54) is 16.7 Å². The lowest BCUT2D eigenvalue weighted by Gasteiger charge is -2.18. The first-order valence-corrected chi connectivity index (χ1v) is 8.68. The molecule has 2 rings (SSSR count). The quantitative estimate of drug-likeness (QED) is 0.628. The summed E-state index contributed by atoms with van der Waals surface area (Å²) in [5.41, 5.74) is 4.79. The van der Waals surface area contributed by atoms with Crippen molar-refractivity contribution in [3.63, 3.8) is 0 Å². The zero-order valence-corrected chi connectivity index (χ0v) is 15.1. The molecule has 4 nitrogen and oxygen atoms in total. The van der Waals surface area contributed by atoms with E-state index in [1.807, 2.05) is 12.3 Å². The predicted octanol–water partition coefficient (Wildman–Crippen LogP) is 3.77. The summed E-state index contributed by atoms with van der Waals surface area (Å²) < 4.78 is 0. The second-order valence-corrected chi connectivity index (χ2v) is 5.92. The maximum atomic E-state index is 4.68. The Labute approximate surface area is 145 Å². The fourth-order valence-corrected chi connectivity index (χ4v) is 2.49. The van der Waals surface area contributed by atoms with E-state index in [9.17, 15) is 0 Å². The Balaban J connectivity index is 2.06. The van der Waals surface area contributed by atoms with Crippen LogP contribution in [-0.4, -0.2) is 17.5 Å². The Hall–Kier alpha value is -2.36. The lowest BCUT2D eigenvalue weighted by Crippen LogP contribution is -2.38. The van der Waals surface area contributed by atoms with Crippen molar-refractivity contribution in [1.82, 2.24) is 15.6 Å². The van der Waals surface area contributed by atoms with Crippen LogP contribution in [0.1, 0.15) is 49.2 Å². The summed E-state index contributed by atoms with van der Waals surface area (Å²) in [5.74, 6) is 0.814. The van der Waals surface area contributed by atoms with Crippen molar-refractivity contribution in [2.45, 2.75) is 46.7 Å². The number of guanidine groups is 1. The minimum atomic E-state index is 0.193. The Morgan fingerprint density at radius 3 is 2.54 bits per heavy atom. The van der Waals surface area contributed by atoms with Crippen LogP contribution in [0.2, 0.25) is 0 Å². The minimum absolute atomic E-state index is 0.193. The maximum Gasteiger partial charge on any atom is 0.192 e. The minimum Gasteiger partial charge on any atom is -0.357 e. The number of nitrogens with one attached hydrogen (secondary N) is 2. The van der Waals surface area contributed by atoms with Gasteiger partial charge in [-0.3, -0.25) is 4.98 Å². The fourth-order valence-electron chi connectivity index (χ4n) is 2.49. The van der Waals surface area contributed by atoms with E-state index in [2.05, 4.69) is 78.6 Å². The topological polar surface area (TPSA) is 49.3 Å². The van der Waals surface area contributed by atoms with Crippen molar-refractivity contribution < 1.29 is 0 Å². The summed E-state index contributed by atoms with van der Waals surface area (Å²) in [5, 5.41) is 6.78. The number of hydrogen-bond acceptors (Lipinski definition) is 2. The van der Waals surface area contributed by atoms with Gasteiger partial charge in [0.2, 0.25) is 0 Å². The molecule has 0 saturated carbocycles. The van der Waals surface area contributed by atoms with Gasteiger partial charge in [-0.2, -0.15) is 0 Å². The summed E-state index contributed by atoms with van der Waals surface area (Å²) in [7, 11) is 0. The van der Waals surface area contributed by atoms with Crippen LogP contribution < -0.4 is 10.6 Å². The van der Waals surface area contributed by atoms with Crippen molar-refractivity contribution >= 4 is 5.96 Å². The zero-order chi connectivity index (χ0) is 17.4. The maximum absolute atomic E-state index is 4.68. The van der Waals surface area contributed by atoms with Gasteiger partial charge in [-0.15, -0.1) is 0 Å². The van der Waals surface area contributed by atoms with Crippen LogP contribution >= 0.6 is 0 Å². The Morgan fingerprint density at radius 2 is 1.92 bits per heavy atom. The van der Waals surface area contributed by atoms with Crippen LogP contribution in [0.4, 0.5) is 0 Å². The van der Waals surface area contributed by atoms with Gasteiger partial charge < -0.3 is 10.6 Å². The van der Waals surface area contributed by atoms with Crippen molar-refractivity contribution in [1.29, 1.82) is 0 Å². The third kappa shape index (κ3) is 5.08. The number of aromatic nitrogens is 1. The highest BCUT2D eigenvalue weighted by molar-refractivity contribution is 5.80. The van der Waals surface area contributed by atoms with Crippen molar-refractivity contribution in [3.05, 3.63) is 65.0 Å². The number of hydrogen-bond donors (Lipinski definition) is 2. The van der Waals surface area contributed by atoms with Gasteiger partial charge in [-0.25, -0.2) is 4.99 Å². The van der Waals surface area contributed by atoms with Gasteiger partial charge in [0.25, 0.3) is 0 Å². The van der Waals surface area contributed by atoms with Crippen LogP contribution in [0.5, 0.6) is 0 Å². The molecule has 0 aliphatic heterocycles. The molecule has 0 aliphatic carbocycles. The second-order valence-electron chi connectivity index (χ2n) is 5.92. The van der Waals surface area contributed by atoms with Gasteiger partial charge in [0, 0.05) is 12.7 Å². The highest BCUT2D eigenvalue weighted by Gasteiger charge is 2.08. The predicted molar refractivity (Wildman–Crippen MR) is 101 cm³/mol. The highest BCUT2D eigenvalue weighted by Crippen LogP contribution is 2.14. The molecule has 24 heavy (non-hydrogen) atoms. The fraction of sp³-hybridized carbons (Fsp3) is 0.400. The average molecular weight is 324 g/mol. The normalized spacial score (nSPS) is 12.8. The first-order valence-electron chi connectivity index (χ1n) is 8.68. The van der Waals surface area contributed by atoms with E-state index >= 15 is 0 Å². The SMILES string of the molecule is CCNC(=NCc1ncccc1C)NC(C)c1ccc(CC)cc1. The molecule has 2 N–H and O–H groups in total. The smallest absolute Gasteiger partial charge is 0.192 e. The van der Waals surface area contributed by atoms with Crippen LogP contribution in [0.15, 0.2) is 47.6 Å². The molecular weight excluding hydrogens is 296 g/mol. The molecule has 2 aromatic rings. The van der Waals surface area contributed by atoms with Crippen LogP contribution in [0.3, 0.4) is 0 Å². The first-order chi connectivity index (χ1) is 11.6. The van der Waals surface area contributed by atoms with Gasteiger partial charge in [0.15, 0.2) is 5.96 Å². The molecular formula is C20H28N4. The molecule has 1 unspecified atom stereocenters. The molecule has 128 valence electrons. The number of benzene rings is 1. The van der Waals surface area contributed by atoms with Gasteiger partial charge in [-0.05, 0) is 49.9 Å². The van der Waals surface area contributed by atoms with Crippen molar-refractivity contribution in [3.8, 4) is 0 Å². The summed E-state index contributed by atoms with van der Waals surface area (Å²) in [6.45, 7) is 9.87. The number of aliphatic imine (C=N–C) groups is 1. The van der Waals surface area contributed by atoms with E-state index in [4.69, 9.17) is 0 Å². The Bertz CT molecular complexity index is 662. The van der Waals surface area contributed by atoms with Gasteiger partial charge >= 0.3 is 0 Å². The van der Waals surface area contributed by atoms with Crippen LogP contribution in [-0.2, 0) is 13.0 Å². The zero-order valence-electron chi connectivity index (χ0n) is 15.1. The Kier molecular flexibility index (Phi) is 6.79. The summed E-state index contributed by atoms with van der Waals surface area (Å²) in [6.07, 6.45) is 2.88. The molecule has 4 heteroatoms. The summed E-state index contributed by atoms with van der Waals surface area (Å²) >= 11 is 0. The third-order valence-corrected chi connectivity index (χ3v) is 4.09. The molecule has 1 aromatic heterocycles. The third-order valence-electron chi connectivity index (χ3n) is 4.09. The molecule has 1 aromatic carbocycles. The van der Waals surface area contributed by atoms with Crippen LogP contribution in [0, 0.1) is 6.92 Å². The summed E-state index contributed by atoms with van der Waals surface area (Å²) in [4.78, 5) is 9.08. The lowest BCUT2D eigenvalue weighted by atomic mass is 10.1. The number of pyridine rings is 1. The first kappa shape index (κ1) is 18.0. The van der Waals surface area contributed by atoms with Crippen molar-refractivity contribution in [2.24, 2.45) is 4.99 Å². The average Bonchev–Trinajstić information content (AvgIpc) is 2.61. The second kappa shape index (κ2) is 9.06. The molecule has 0 amide bonds. The monoisotopic (exact) mass is 324 g/mol. The molecule has 1 heterocycles. The highest BCUT2D eigenvalue weighted by atomic mass is 15.2. The molecule has 0 aliphatic rings. The molecule has 0 spiro atoms. The van der Waals surface area contributed by atoms with E-state index < -0.39 is 0 Å². The van der Waals surface area contributed by atoms with Gasteiger partial charge in [-0.1, -0.05) is 37.3 Å². The molecule has 0 bridgehead atoms. The van der Waals surface area contributed by atoms with E-state index in [-0.39, 0.29) is 6.04 Å². The van der Waals surface area contributed by atoms with Crippen molar-refractivity contribution in [2.75, 3.05) is 6.54 Å². The molecule has 0 saturated heterocycles. The number of rotatable bonds is 6.